The fourth-order valence-electron chi connectivity index (χ4n) is 2.06. The Labute approximate surface area is 141 Å². The van der Waals surface area contributed by atoms with E-state index in [2.05, 4.69) is 14.8 Å². The van der Waals surface area contributed by atoms with Gasteiger partial charge in [0, 0.05) is 12.4 Å². The van der Waals surface area contributed by atoms with Crippen LogP contribution in [0, 0.1) is 0 Å². The van der Waals surface area contributed by atoms with Gasteiger partial charge in [0.05, 0.1) is 0 Å². The second-order valence-electron chi connectivity index (χ2n) is 4.93. The maximum absolute atomic E-state index is 12.1. The zero-order chi connectivity index (χ0) is 17.6. The number of esters is 1. The molecule has 0 atom stereocenters. The number of ether oxygens (including phenoxy) is 2. The molecule has 2 heterocycles. The molecule has 0 aliphatic heterocycles. The van der Waals surface area contributed by atoms with Crippen molar-refractivity contribution in [1.82, 2.24) is 14.8 Å². The highest BCUT2D eigenvalue weighted by molar-refractivity contribution is 5.87. The van der Waals surface area contributed by atoms with Crippen LogP contribution < -0.4 is 4.74 Å². The molecule has 0 bridgehead atoms. The molecule has 25 heavy (non-hydrogen) atoms. The van der Waals surface area contributed by atoms with E-state index < -0.39 is 12.6 Å². The van der Waals surface area contributed by atoms with Crippen LogP contribution in [-0.4, -0.2) is 27.3 Å². The lowest BCUT2D eigenvalue weighted by molar-refractivity contribution is -0.0498. The summed E-state index contributed by atoms with van der Waals surface area (Å²) >= 11 is 0. The number of benzene rings is 1. The van der Waals surface area contributed by atoms with Crippen LogP contribution in [-0.2, 0) is 11.3 Å². The molecule has 1 aromatic carbocycles. The van der Waals surface area contributed by atoms with E-state index >= 15 is 0 Å². The molecule has 8 heteroatoms. The number of pyridine rings is 1. The predicted octanol–water partition coefficient (Wildman–Crippen LogP) is 3.23. The second-order valence-corrected chi connectivity index (χ2v) is 4.93. The van der Waals surface area contributed by atoms with Gasteiger partial charge >= 0.3 is 12.6 Å². The fourth-order valence-corrected chi connectivity index (χ4v) is 2.06. The molecule has 3 aromatic rings. The minimum absolute atomic E-state index is 0.0124. The van der Waals surface area contributed by atoms with E-state index in [1.165, 1.54) is 22.9 Å². The highest BCUT2D eigenvalue weighted by Crippen LogP contribution is 2.16. The maximum atomic E-state index is 12.1. The average molecular weight is 345 g/mol. The van der Waals surface area contributed by atoms with E-state index in [9.17, 15) is 13.6 Å². The monoisotopic (exact) mass is 345 g/mol. The number of rotatable bonds is 6. The summed E-state index contributed by atoms with van der Waals surface area (Å²) in [5.41, 5.74) is 0.781. The summed E-state index contributed by atoms with van der Waals surface area (Å²) in [7, 11) is 0. The van der Waals surface area contributed by atoms with E-state index in [0.717, 1.165) is 0 Å². The van der Waals surface area contributed by atoms with Crippen molar-refractivity contribution >= 4 is 5.97 Å². The Bertz CT molecular complexity index is 837. The van der Waals surface area contributed by atoms with Crippen molar-refractivity contribution in [3.05, 3.63) is 72.2 Å². The third kappa shape index (κ3) is 4.37. The molecule has 0 aliphatic carbocycles. The summed E-state index contributed by atoms with van der Waals surface area (Å²) in [6.45, 7) is -2.89. The first-order chi connectivity index (χ1) is 12.1. The molecule has 0 radical (unpaired) electrons. The molecule has 0 saturated heterocycles. The first-order valence-corrected chi connectivity index (χ1v) is 7.30. The Kier molecular flexibility index (Phi) is 4.98. The quantitative estimate of drug-likeness (QED) is 0.642. The summed E-state index contributed by atoms with van der Waals surface area (Å²) in [4.78, 5) is 16.3. The zero-order valence-corrected chi connectivity index (χ0v) is 12.9. The number of hydrogen-bond acceptors (Lipinski definition) is 5. The van der Waals surface area contributed by atoms with Crippen LogP contribution in [0.2, 0.25) is 0 Å². The van der Waals surface area contributed by atoms with Crippen LogP contribution in [0.5, 0.6) is 5.75 Å². The van der Waals surface area contributed by atoms with Gasteiger partial charge in [0.15, 0.2) is 11.5 Å². The molecule has 0 N–H and O–H groups in total. The average Bonchev–Trinajstić information content (AvgIpc) is 3.15. The van der Waals surface area contributed by atoms with Crippen molar-refractivity contribution in [3.63, 3.8) is 0 Å². The zero-order valence-electron chi connectivity index (χ0n) is 12.9. The van der Waals surface area contributed by atoms with Crippen LogP contribution >= 0.6 is 0 Å². The van der Waals surface area contributed by atoms with Crippen molar-refractivity contribution in [2.75, 3.05) is 0 Å². The predicted molar refractivity (Wildman–Crippen MR) is 83.6 cm³/mol. The van der Waals surface area contributed by atoms with Gasteiger partial charge in [-0.15, -0.1) is 0 Å². The smallest absolute Gasteiger partial charge is 0.387 e. The Morgan fingerprint density at radius 1 is 1.12 bits per heavy atom. The van der Waals surface area contributed by atoms with Crippen molar-refractivity contribution in [2.45, 2.75) is 13.2 Å². The number of halogens is 2. The topological polar surface area (TPSA) is 66.2 Å². The summed E-state index contributed by atoms with van der Waals surface area (Å²) in [6, 6.07) is 12.5. The molecule has 0 fully saturated rings. The van der Waals surface area contributed by atoms with Gasteiger partial charge in [-0.05, 0) is 35.9 Å². The Hall–Kier alpha value is -3.29. The van der Waals surface area contributed by atoms with Gasteiger partial charge in [-0.1, -0.05) is 18.2 Å². The van der Waals surface area contributed by atoms with Crippen LogP contribution in [0.15, 0.2) is 60.9 Å². The molecule has 0 aliphatic rings. The maximum Gasteiger partial charge on any atom is 0.387 e. The number of carbonyl (C=O) groups is 1. The van der Waals surface area contributed by atoms with E-state index in [0.29, 0.717) is 11.4 Å². The molecular weight excluding hydrogens is 332 g/mol. The van der Waals surface area contributed by atoms with E-state index in [1.807, 2.05) is 0 Å². The number of alkyl halides is 2. The molecule has 6 nitrogen and oxygen atoms in total. The van der Waals surface area contributed by atoms with Gasteiger partial charge in [-0.25, -0.2) is 14.5 Å². The lowest BCUT2D eigenvalue weighted by atomic mass is 10.2. The van der Waals surface area contributed by atoms with Gasteiger partial charge in [0.25, 0.3) is 0 Å². The van der Waals surface area contributed by atoms with Crippen molar-refractivity contribution < 1.29 is 23.0 Å². The third-order valence-corrected chi connectivity index (χ3v) is 3.20. The Balaban J connectivity index is 1.62. The van der Waals surface area contributed by atoms with E-state index in [1.54, 1.807) is 42.7 Å². The number of nitrogens with zero attached hydrogens (tertiary/aromatic N) is 3. The summed E-state index contributed by atoms with van der Waals surface area (Å²) in [6.07, 6.45) is 3.31. The van der Waals surface area contributed by atoms with Crippen molar-refractivity contribution in [3.8, 4) is 11.6 Å². The van der Waals surface area contributed by atoms with E-state index in [4.69, 9.17) is 4.74 Å². The van der Waals surface area contributed by atoms with Gasteiger partial charge in [0.1, 0.15) is 12.4 Å². The van der Waals surface area contributed by atoms with Gasteiger partial charge < -0.3 is 9.47 Å². The largest absolute Gasteiger partial charge is 0.456 e. The van der Waals surface area contributed by atoms with Crippen LogP contribution in [0.4, 0.5) is 8.78 Å². The summed E-state index contributed by atoms with van der Waals surface area (Å²) in [5, 5.41) is 4.05. The highest BCUT2D eigenvalue weighted by Gasteiger charge is 2.11. The normalized spacial score (nSPS) is 10.7. The minimum Gasteiger partial charge on any atom is -0.456 e. The molecule has 3 rings (SSSR count). The molecule has 128 valence electrons. The first-order valence-electron chi connectivity index (χ1n) is 7.30. The molecule has 2 aromatic heterocycles. The molecule has 0 unspecified atom stereocenters. The fraction of sp³-hybridized carbons (Fsp3) is 0.118. The van der Waals surface area contributed by atoms with E-state index in [-0.39, 0.29) is 18.1 Å². The number of hydrogen-bond donors (Lipinski definition) is 0. The standard InChI is InChI=1S/C17H13F2N3O3/c18-17(19)25-13-7-5-12(6-8-13)11-24-16(23)14-3-1-4-15(21-14)22-10-2-9-20-22/h1-10,17H,11H2. The Morgan fingerprint density at radius 3 is 2.60 bits per heavy atom. The SMILES string of the molecule is O=C(OCc1ccc(OC(F)F)cc1)c1cccc(-n2cccn2)n1. The second kappa shape index (κ2) is 7.52. The number of aromatic nitrogens is 3. The van der Waals surface area contributed by atoms with Crippen molar-refractivity contribution in [1.29, 1.82) is 0 Å². The van der Waals surface area contributed by atoms with Gasteiger partial charge in [0.2, 0.25) is 0 Å². The lowest BCUT2D eigenvalue weighted by Crippen LogP contribution is -2.09. The molecule has 0 saturated carbocycles. The highest BCUT2D eigenvalue weighted by atomic mass is 19.3. The lowest BCUT2D eigenvalue weighted by Gasteiger charge is -2.07. The Morgan fingerprint density at radius 2 is 1.92 bits per heavy atom. The summed E-state index contributed by atoms with van der Waals surface area (Å²) in [5.74, 6) is -0.0615. The van der Waals surface area contributed by atoms with Crippen molar-refractivity contribution in [2.24, 2.45) is 0 Å². The first kappa shape index (κ1) is 16.6. The number of carbonyl (C=O) groups excluding carboxylic acids is 1. The third-order valence-electron chi connectivity index (χ3n) is 3.20. The van der Waals surface area contributed by atoms with Gasteiger partial charge in [-0.3, -0.25) is 0 Å². The minimum atomic E-state index is -2.88. The van der Waals surface area contributed by atoms with Crippen LogP contribution in [0.1, 0.15) is 16.1 Å². The summed E-state index contributed by atoms with van der Waals surface area (Å²) < 4.78 is 35.2. The van der Waals surface area contributed by atoms with Gasteiger partial charge in [-0.2, -0.15) is 13.9 Å². The molecule has 0 spiro atoms. The van der Waals surface area contributed by atoms with Crippen LogP contribution in [0.25, 0.3) is 5.82 Å². The molecule has 0 amide bonds. The van der Waals surface area contributed by atoms with Crippen LogP contribution in [0.3, 0.4) is 0 Å². The molecular formula is C17H13F2N3O3.